The van der Waals surface area contributed by atoms with Gasteiger partial charge in [0.15, 0.2) is 0 Å². The number of carbonyl (C=O) groups excluding carboxylic acids is 1. The van der Waals surface area contributed by atoms with Gasteiger partial charge in [-0.15, -0.1) is 0 Å². The molecule has 0 bridgehead atoms. The van der Waals surface area contributed by atoms with Crippen molar-refractivity contribution in [2.75, 3.05) is 11.9 Å². The molecular formula is C13H19BrN2O. The molecule has 0 heterocycles. The Morgan fingerprint density at radius 1 is 1.41 bits per heavy atom. The number of carbonyl (C=O) groups is 1. The highest BCUT2D eigenvalue weighted by molar-refractivity contribution is 9.10. The van der Waals surface area contributed by atoms with Crippen LogP contribution in [0.2, 0.25) is 0 Å². The van der Waals surface area contributed by atoms with E-state index in [0.717, 1.165) is 22.3 Å². The standard InChI is InChI=1S/C13H19BrN2O/c1-5-15-13(3,4)12(17)16-11-8-9(2)6-7-10(11)14/h6-8,15H,5H2,1-4H3,(H,16,17). The molecule has 3 nitrogen and oxygen atoms in total. The third-order valence-electron chi connectivity index (χ3n) is 2.56. The number of anilines is 1. The molecule has 0 radical (unpaired) electrons. The lowest BCUT2D eigenvalue weighted by Gasteiger charge is -2.24. The SMILES string of the molecule is CCNC(C)(C)C(=O)Nc1cc(C)ccc1Br. The topological polar surface area (TPSA) is 41.1 Å². The van der Waals surface area contributed by atoms with Gasteiger partial charge in [0.1, 0.15) is 0 Å². The largest absolute Gasteiger partial charge is 0.323 e. The van der Waals surface area contributed by atoms with Gasteiger partial charge in [-0.25, -0.2) is 0 Å². The van der Waals surface area contributed by atoms with Gasteiger partial charge < -0.3 is 10.6 Å². The first-order chi connectivity index (χ1) is 7.86. The number of rotatable bonds is 4. The molecule has 94 valence electrons. The van der Waals surface area contributed by atoms with Crippen molar-refractivity contribution < 1.29 is 4.79 Å². The van der Waals surface area contributed by atoms with Crippen LogP contribution in [0, 0.1) is 6.92 Å². The van der Waals surface area contributed by atoms with Crippen molar-refractivity contribution in [3.8, 4) is 0 Å². The van der Waals surface area contributed by atoms with E-state index < -0.39 is 5.54 Å². The summed E-state index contributed by atoms with van der Waals surface area (Å²) in [6.07, 6.45) is 0. The molecule has 0 aliphatic rings. The maximum Gasteiger partial charge on any atom is 0.244 e. The summed E-state index contributed by atoms with van der Waals surface area (Å²) in [4.78, 5) is 12.1. The van der Waals surface area contributed by atoms with E-state index in [4.69, 9.17) is 0 Å². The second-order valence-electron chi connectivity index (χ2n) is 4.59. The van der Waals surface area contributed by atoms with E-state index in [9.17, 15) is 4.79 Å². The van der Waals surface area contributed by atoms with Gasteiger partial charge in [-0.2, -0.15) is 0 Å². The summed E-state index contributed by atoms with van der Waals surface area (Å²) in [5.41, 5.74) is 1.35. The van der Waals surface area contributed by atoms with E-state index >= 15 is 0 Å². The van der Waals surface area contributed by atoms with E-state index in [0.29, 0.717) is 0 Å². The number of amides is 1. The molecule has 1 rings (SSSR count). The van der Waals surface area contributed by atoms with Gasteiger partial charge in [0.05, 0.1) is 11.2 Å². The second kappa shape index (κ2) is 5.65. The van der Waals surface area contributed by atoms with E-state index in [1.807, 2.05) is 45.9 Å². The molecule has 0 aliphatic heterocycles. The number of aryl methyl sites for hydroxylation is 1. The van der Waals surface area contributed by atoms with Crippen molar-refractivity contribution in [1.29, 1.82) is 0 Å². The fourth-order valence-corrected chi connectivity index (χ4v) is 1.88. The average Bonchev–Trinajstić information content (AvgIpc) is 2.23. The van der Waals surface area contributed by atoms with Crippen LogP contribution in [0.3, 0.4) is 0 Å². The summed E-state index contributed by atoms with van der Waals surface area (Å²) in [7, 11) is 0. The Balaban J connectivity index is 2.84. The number of hydrogen-bond donors (Lipinski definition) is 2. The molecular weight excluding hydrogens is 280 g/mol. The van der Waals surface area contributed by atoms with Crippen LogP contribution in [0.4, 0.5) is 5.69 Å². The van der Waals surface area contributed by atoms with Crippen LogP contribution in [0.1, 0.15) is 26.3 Å². The third-order valence-corrected chi connectivity index (χ3v) is 3.25. The first-order valence-corrected chi connectivity index (χ1v) is 6.48. The highest BCUT2D eigenvalue weighted by atomic mass is 79.9. The van der Waals surface area contributed by atoms with Gasteiger partial charge in [-0.3, -0.25) is 4.79 Å². The molecule has 2 N–H and O–H groups in total. The van der Waals surface area contributed by atoms with E-state index in [-0.39, 0.29) is 5.91 Å². The van der Waals surface area contributed by atoms with Gasteiger partial charge in [-0.1, -0.05) is 13.0 Å². The highest BCUT2D eigenvalue weighted by Gasteiger charge is 2.26. The molecule has 0 saturated carbocycles. The monoisotopic (exact) mass is 298 g/mol. The zero-order valence-corrected chi connectivity index (χ0v) is 12.3. The van der Waals surface area contributed by atoms with Gasteiger partial charge in [-0.05, 0) is 60.9 Å². The van der Waals surface area contributed by atoms with Crippen LogP contribution in [-0.4, -0.2) is 18.0 Å². The van der Waals surface area contributed by atoms with Crippen molar-refractivity contribution in [1.82, 2.24) is 5.32 Å². The van der Waals surface area contributed by atoms with Crippen LogP contribution < -0.4 is 10.6 Å². The smallest absolute Gasteiger partial charge is 0.244 e. The summed E-state index contributed by atoms with van der Waals surface area (Å²) in [5, 5.41) is 6.08. The fourth-order valence-electron chi connectivity index (χ4n) is 1.54. The van der Waals surface area contributed by atoms with Crippen molar-refractivity contribution in [3.63, 3.8) is 0 Å². The lowest BCUT2D eigenvalue weighted by Crippen LogP contribution is -2.49. The fraction of sp³-hybridized carbons (Fsp3) is 0.462. The molecule has 0 aliphatic carbocycles. The van der Waals surface area contributed by atoms with Gasteiger partial charge in [0, 0.05) is 4.47 Å². The van der Waals surface area contributed by atoms with E-state index in [2.05, 4.69) is 26.6 Å². The molecule has 1 aromatic rings. The Morgan fingerprint density at radius 2 is 2.06 bits per heavy atom. The van der Waals surface area contributed by atoms with Crippen molar-refractivity contribution >= 4 is 27.5 Å². The molecule has 0 atom stereocenters. The van der Waals surface area contributed by atoms with E-state index in [1.165, 1.54) is 0 Å². The number of likely N-dealkylation sites (N-methyl/N-ethyl adjacent to an activating group) is 1. The number of benzene rings is 1. The Kier molecular flexibility index (Phi) is 4.71. The number of halogens is 1. The molecule has 4 heteroatoms. The van der Waals surface area contributed by atoms with Gasteiger partial charge in [0.2, 0.25) is 5.91 Å². The lowest BCUT2D eigenvalue weighted by atomic mass is 10.0. The zero-order chi connectivity index (χ0) is 13.1. The minimum absolute atomic E-state index is 0.0364. The summed E-state index contributed by atoms with van der Waals surface area (Å²) >= 11 is 3.43. The molecule has 0 spiro atoms. The van der Waals surface area contributed by atoms with Crippen molar-refractivity contribution in [2.45, 2.75) is 33.2 Å². The Hall–Kier alpha value is -0.870. The molecule has 17 heavy (non-hydrogen) atoms. The first kappa shape index (κ1) is 14.2. The highest BCUT2D eigenvalue weighted by Crippen LogP contribution is 2.24. The van der Waals surface area contributed by atoms with Crippen molar-refractivity contribution in [3.05, 3.63) is 28.2 Å². The minimum atomic E-state index is -0.571. The molecule has 1 aromatic carbocycles. The molecule has 0 unspecified atom stereocenters. The predicted octanol–water partition coefficient (Wildman–Crippen LogP) is 3.08. The van der Waals surface area contributed by atoms with Crippen LogP contribution in [-0.2, 0) is 4.79 Å². The normalized spacial score (nSPS) is 11.4. The molecule has 0 aromatic heterocycles. The average molecular weight is 299 g/mol. The predicted molar refractivity (Wildman–Crippen MR) is 75.3 cm³/mol. The molecule has 0 fully saturated rings. The van der Waals surface area contributed by atoms with Crippen LogP contribution in [0.5, 0.6) is 0 Å². The number of hydrogen-bond acceptors (Lipinski definition) is 2. The second-order valence-corrected chi connectivity index (χ2v) is 5.45. The maximum atomic E-state index is 12.1. The van der Waals surface area contributed by atoms with Crippen LogP contribution in [0.15, 0.2) is 22.7 Å². The lowest BCUT2D eigenvalue weighted by molar-refractivity contribution is -0.121. The minimum Gasteiger partial charge on any atom is -0.323 e. The Labute approximate surface area is 111 Å². The zero-order valence-electron chi connectivity index (χ0n) is 10.7. The van der Waals surface area contributed by atoms with E-state index in [1.54, 1.807) is 0 Å². The summed E-state index contributed by atoms with van der Waals surface area (Å²) in [5.74, 6) is -0.0364. The summed E-state index contributed by atoms with van der Waals surface area (Å²) in [6, 6.07) is 5.88. The Morgan fingerprint density at radius 3 is 2.65 bits per heavy atom. The number of nitrogens with one attached hydrogen (secondary N) is 2. The maximum absolute atomic E-state index is 12.1. The Bertz CT molecular complexity index is 416. The molecule has 1 amide bonds. The summed E-state index contributed by atoms with van der Waals surface area (Å²) < 4.78 is 0.892. The van der Waals surface area contributed by atoms with Crippen LogP contribution in [0.25, 0.3) is 0 Å². The van der Waals surface area contributed by atoms with Crippen LogP contribution >= 0.6 is 15.9 Å². The van der Waals surface area contributed by atoms with Gasteiger partial charge >= 0.3 is 0 Å². The first-order valence-electron chi connectivity index (χ1n) is 5.69. The molecule has 0 saturated heterocycles. The van der Waals surface area contributed by atoms with Crippen molar-refractivity contribution in [2.24, 2.45) is 0 Å². The summed E-state index contributed by atoms with van der Waals surface area (Å²) in [6.45, 7) is 8.48. The quantitative estimate of drug-likeness (QED) is 0.897. The third kappa shape index (κ3) is 3.82. The van der Waals surface area contributed by atoms with Gasteiger partial charge in [0.25, 0.3) is 0 Å².